The standard InChI is InChI=1S/C14H29N3O/c1-12(15)10-13(18)16-11-14(17(2)3)8-6-4-5-7-9-14/h12H,4-11,15H2,1-3H3,(H,16,18). The summed E-state index contributed by atoms with van der Waals surface area (Å²) in [5.41, 5.74) is 5.79. The molecule has 4 heteroatoms. The first-order valence-corrected chi connectivity index (χ1v) is 7.16. The van der Waals surface area contributed by atoms with Crippen LogP contribution in [0.4, 0.5) is 0 Å². The van der Waals surface area contributed by atoms with Gasteiger partial charge in [-0.05, 0) is 33.9 Å². The summed E-state index contributed by atoms with van der Waals surface area (Å²) in [6.07, 6.45) is 7.95. The van der Waals surface area contributed by atoms with Crippen molar-refractivity contribution in [1.82, 2.24) is 10.2 Å². The van der Waals surface area contributed by atoms with Gasteiger partial charge in [0.25, 0.3) is 0 Å². The number of likely N-dealkylation sites (N-methyl/N-ethyl adjacent to an activating group) is 1. The SMILES string of the molecule is CC(N)CC(=O)NCC1(N(C)C)CCCCCC1. The summed E-state index contributed by atoms with van der Waals surface area (Å²) in [6.45, 7) is 2.62. The normalized spacial score (nSPS) is 21.4. The molecule has 1 fully saturated rings. The van der Waals surface area contributed by atoms with E-state index in [1.807, 2.05) is 6.92 Å². The van der Waals surface area contributed by atoms with E-state index in [2.05, 4.69) is 24.3 Å². The second-order valence-electron chi connectivity index (χ2n) is 5.99. The summed E-state index contributed by atoms with van der Waals surface area (Å²) in [7, 11) is 4.26. The van der Waals surface area contributed by atoms with Crippen LogP contribution in [0, 0.1) is 0 Å². The lowest BCUT2D eigenvalue weighted by Gasteiger charge is -2.39. The van der Waals surface area contributed by atoms with Crippen molar-refractivity contribution in [3.63, 3.8) is 0 Å². The molecule has 0 radical (unpaired) electrons. The highest BCUT2D eigenvalue weighted by molar-refractivity contribution is 5.76. The van der Waals surface area contributed by atoms with E-state index in [1.165, 1.54) is 38.5 Å². The third-order valence-electron chi connectivity index (χ3n) is 4.10. The smallest absolute Gasteiger partial charge is 0.221 e. The number of nitrogens with zero attached hydrogens (tertiary/aromatic N) is 1. The van der Waals surface area contributed by atoms with Crippen molar-refractivity contribution in [1.29, 1.82) is 0 Å². The molecule has 1 saturated carbocycles. The van der Waals surface area contributed by atoms with Crippen LogP contribution in [0.3, 0.4) is 0 Å². The Balaban J connectivity index is 2.54. The predicted molar refractivity (Wildman–Crippen MR) is 75.4 cm³/mol. The molecule has 0 saturated heterocycles. The number of carbonyl (C=O) groups excluding carboxylic acids is 1. The van der Waals surface area contributed by atoms with E-state index < -0.39 is 0 Å². The minimum absolute atomic E-state index is 0.0607. The van der Waals surface area contributed by atoms with Gasteiger partial charge in [0, 0.05) is 24.5 Å². The van der Waals surface area contributed by atoms with Crippen LogP contribution >= 0.6 is 0 Å². The van der Waals surface area contributed by atoms with Crippen molar-refractivity contribution in [3.05, 3.63) is 0 Å². The zero-order valence-electron chi connectivity index (χ0n) is 12.2. The first-order valence-electron chi connectivity index (χ1n) is 7.16. The zero-order chi connectivity index (χ0) is 13.6. The van der Waals surface area contributed by atoms with E-state index >= 15 is 0 Å². The molecule has 0 aromatic heterocycles. The zero-order valence-corrected chi connectivity index (χ0v) is 12.2. The first-order chi connectivity index (χ1) is 8.46. The van der Waals surface area contributed by atoms with Crippen molar-refractivity contribution in [3.8, 4) is 0 Å². The van der Waals surface area contributed by atoms with Gasteiger partial charge in [0.15, 0.2) is 0 Å². The second-order valence-corrected chi connectivity index (χ2v) is 5.99. The molecule has 0 spiro atoms. The number of hydrogen-bond donors (Lipinski definition) is 2. The van der Waals surface area contributed by atoms with Gasteiger partial charge in [-0.15, -0.1) is 0 Å². The highest BCUT2D eigenvalue weighted by atomic mass is 16.1. The first kappa shape index (κ1) is 15.4. The van der Waals surface area contributed by atoms with Crippen molar-refractivity contribution in [2.75, 3.05) is 20.6 Å². The molecular formula is C14H29N3O. The largest absolute Gasteiger partial charge is 0.354 e. The molecule has 0 heterocycles. The van der Waals surface area contributed by atoms with Gasteiger partial charge in [-0.3, -0.25) is 4.79 Å². The fourth-order valence-corrected chi connectivity index (χ4v) is 2.80. The Morgan fingerprint density at radius 3 is 2.28 bits per heavy atom. The van der Waals surface area contributed by atoms with Crippen LogP contribution in [0.2, 0.25) is 0 Å². The van der Waals surface area contributed by atoms with Crippen LogP contribution in [-0.4, -0.2) is 43.0 Å². The van der Waals surface area contributed by atoms with Gasteiger partial charge < -0.3 is 16.0 Å². The molecule has 1 atom stereocenters. The van der Waals surface area contributed by atoms with Gasteiger partial charge in [-0.25, -0.2) is 0 Å². The fourth-order valence-electron chi connectivity index (χ4n) is 2.80. The lowest BCUT2D eigenvalue weighted by atomic mass is 9.88. The lowest BCUT2D eigenvalue weighted by molar-refractivity contribution is -0.122. The predicted octanol–water partition coefficient (Wildman–Crippen LogP) is 1.49. The molecule has 18 heavy (non-hydrogen) atoms. The fraction of sp³-hybridized carbons (Fsp3) is 0.929. The van der Waals surface area contributed by atoms with Crippen molar-refractivity contribution in [2.24, 2.45) is 5.73 Å². The molecule has 0 aliphatic heterocycles. The second kappa shape index (κ2) is 7.10. The molecule has 0 aromatic rings. The van der Waals surface area contributed by atoms with Crippen molar-refractivity contribution < 1.29 is 4.79 Å². The quantitative estimate of drug-likeness (QED) is 0.732. The third-order valence-corrected chi connectivity index (χ3v) is 4.10. The monoisotopic (exact) mass is 255 g/mol. The number of amides is 1. The maximum absolute atomic E-state index is 11.7. The summed E-state index contributed by atoms with van der Waals surface area (Å²) in [4.78, 5) is 14.0. The number of carbonyl (C=O) groups is 1. The molecule has 1 amide bonds. The van der Waals surface area contributed by atoms with Crippen LogP contribution in [-0.2, 0) is 4.79 Å². The molecule has 3 N–H and O–H groups in total. The van der Waals surface area contributed by atoms with Crippen LogP contribution < -0.4 is 11.1 Å². The molecule has 1 unspecified atom stereocenters. The minimum atomic E-state index is -0.0607. The molecule has 0 aromatic carbocycles. The van der Waals surface area contributed by atoms with Crippen LogP contribution in [0.15, 0.2) is 0 Å². The van der Waals surface area contributed by atoms with Gasteiger partial charge >= 0.3 is 0 Å². The highest BCUT2D eigenvalue weighted by Gasteiger charge is 2.33. The maximum Gasteiger partial charge on any atom is 0.221 e. The summed E-state index contributed by atoms with van der Waals surface area (Å²) in [5, 5.41) is 3.07. The summed E-state index contributed by atoms with van der Waals surface area (Å²) < 4.78 is 0. The summed E-state index contributed by atoms with van der Waals surface area (Å²) in [6, 6.07) is -0.0607. The van der Waals surface area contributed by atoms with E-state index in [-0.39, 0.29) is 17.5 Å². The average molecular weight is 255 g/mol. The Morgan fingerprint density at radius 2 is 1.83 bits per heavy atom. The summed E-state index contributed by atoms with van der Waals surface area (Å²) >= 11 is 0. The van der Waals surface area contributed by atoms with E-state index in [4.69, 9.17) is 5.73 Å². The highest BCUT2D eigenvalue weighted by Crippen LogP contribution is 2.30. The van der Waals surface area contributed by atoms with Crippen LogP contribution in [0.1, 0.15) is 51.9 Å². The number of nitrogens with two attached hydrogens (primary N) is 1. The van der Waals surface area contributed by atoms with Crippen molar-refractivity contribution in [2.45, 2.75) is 63.5 Å². The number of rotatable bonds is 5. The molecule has 1 rings (SSSR count). The minimum Gasteiger partial charge on any atom is -0.354 e. The Kier molecular flexibility index (Phi) is 6.09. The molecule has 4 nitrogen and oxygen atoms in total. The topological polar surface area (TPSA) is 58.4 Å². The van der Waals surface area contributed by atoms with Gasteiger partial charge in [-0.1, -0.05) is 25.7 Å². The third kappa shape index (κ3) is 4.58. The molecule has 1 aliphatic rings. The molecule has 0 bridgehead atoms. The van der Waals surface area contributed by atoms with E-state index in [1.54, 1.807) is 0 Å². The Hall–Kier alpha value is -0.610. The summed E-state index contributed by atoms with van der Waals surface area (Å²) in [5.74, 6) is 0.0791. The van der Waals surface area contributed by atoms with Gasteiger partial charge in [0.05, 0.1) is 0 Å². The van der Waals surface area contributed by atoms with Gasteiger partial charge in [-0.2, -0.15) is 0 Å². The Bertz CT molecular complexity index is 256. The van der Waals surface area contributed by atoms with Crippen molar-refractivity contribution >= 4 is 5.91 Å². The van der Waals surface area contributed by atoms with E-state index in [0.29, 0.717) is 6.42 Å². The Morgan fingerprint density at radius 1 is 1.28 bits per heavy atom. The van der Waals surface area contributed by atoms with E-state index in [9.17, 15) is 4.79 Å². The van der Waals surface area contributed by atoms with Crippen LogP contribution in [0.5, 0.6) is 0 Å². The van der Waals surface area contributed by atoms with Crippen LogP contribution in [0.25, 0.3) is 0 Å². The maximum atomic E-state index is 11.7. The number of nitrogens with one attached hydrogen (secondary N) is 1. The van der Waals surface area contributed by atoms with E-state index in [0.717, 1.165) is 6.54 Å². The lowest BCUT2D eigenvalue weighted by Crippen LogP contribution is -2.52. The molecular weight excluding hydrogens is 226 g/mol. The average Bonchev–Trinajstić information content (AvgIpc) is 2.51. The Labute approximate surface area is 111 Å². The van der Waals surface area contributed by atoms with Gasteiger partial charge in [0.1, 0.15) is 0 Å². The molecule has 106 valence electrons. The number of hydrogen-bond acceptors (Lipinski definition) is 3. The van der Waals surface area contributed by atoms with Gasteiger partial charge in [0.2, 0.25) is 5.91 Å². The molecule has 1 aliphatic carbocycles.